The number of Topliss-reactive ketones (excluding diaryl/α,β-unsaturated/α-hetero) is 1. The molecule has 1 aliphatic rings. The average Bonchev–Trinajstić information content (AvgIpc) is 2.79. The van der Waals surface area contributed by atoms with Crippen LogP contribution in [0.25, 0.3) is 0 Å². The molecule has 1 unspecified atom stereocenters. The van der Waals surface area contributed by atoms with Gasteiger partial charge in [-0.25, -0.2) is 0 Å². The van der Waals surface area contributed by atoms with E-state index in [0.717, 1.165) is 23.1 Å². The first kappa shape index (κ1) is 12.8. The van der Waals surface area contributed by atoms with E-state index in [1.165, 1.54) is 6.26 Å². The van der Waals surface area contributed by atoms with Crippen LogP contribution in [0.4, 0.5) is 0 Å². The molecule has 3 heteroatoms. The number of aliphatic hydroxyl groups is 1. The maximum Gasteiger partial charge on any atom is 0.199 e. The monoisotopic (exact) mass is 246 g/mol. The highest BCUT2D eigenvalue weighted by Gasteiger charge is 2.52. The zero-order valence-corrected chi connectivity index (χ0v) is 11.0. The summed E-state index contributed by atoms with van der Waals surface area (Å²) in [6.45, 7) is 5.60. The molecule has 0 saturated heterocycles. The second-order valence-electron chi connectivity index (χ2n) is 4.72. The van der Waals surface area contributed by atoms with Crippen LogP contribution in [0, 0.1) is 6.92 Å². The van der Waals surface area contributed by atoms with Gasteiger partial charge in [0.05, 0.1) is 12.5 Å². The molecule has 1 aromatic rings. The summed E-state index contributed by atoms with van der Waals surface area (Å²) in [5.41, 5.74) is 1.41. The van der Waals surface area contributed by atoms with E-state index < -0.39 is 5.60 Å². The van der Waals surface area contributed by atoms with Crippen molar-refractivity contribution in [3.63, 3.8) is 0 Å². The predicted molar refractivity (Wildman–Crippen MR) is 69.1 cm³/mol. The largest absolute Gasteiger partial charge is 0.472 e. The molecule has 1 aromatic heterocycles. The van der Waals surface area contributed by atoms with Gasteiger partial charge >= 0.3 is 0 Å². The van der Waals surface area contributed by atoms with Crippen LogP contribution in [0.15, 0.2) is 40.2 Å². The SMILES string of the molecule is C/C=C\CCC1=C(C)C(O)(c2cocc2C)C1=O. The van der Waals surface area contributed by atoms with Crippen molar-refractivity contribution in [2.75, 3.05) is 0 Å². The van der Waals surface area contributed by atoms with Gasteiger partial charge in [0.2, 0.25) is 0 Å². The van der Waals surface area contributed by atoms with E-state index in [1.54, 1.807) is 6.26 Å². The van der Waals surface area contributed by atoms with Crippen LogP contribution in [0.5, 0.6) is 0 Å². The van der Waals surface area contributed by atoms with Crippen molar-refractivity contribution in [1.82, 2.24) is 0 Å². The summed E-state index contributed by atoms with van der Waals surface area (Å²) in [6.07, 6.45) is 8.51. The Morgan fingerprint density at radius 2 is 2.11 bits per heavy atom. The Bertz CT molecular complexity index is 534. The van der Waals surface area contributed by atoms with Crippen molar-refractivity contribution in [3.05, 3.63) is 47.0 Å². The maximum absolute atomic E-state index is 12.2. The molecule has 3 nitrogen and oxygen atoms in total. The van der Waals surface area contributed by atoms with Crippen LogP contribution in [0.3, 0.4) is 0 Å². The smallest absolute Gasteiger partial charge is 0.199 e. The fourth-order valence-electron chi connectivity index (χ4n) is 2.47. The van der Waals surface area contributed by atoms with Crippen molar-refractivity contribution >= 4 is 5.78 Å². The zero-order chi connectivity index (χ0) is 13.3. The number of rotatable bonds is 4. The molecular formula is C15H18O3. The van der Waals surface area contributed by atoms with Crippen LogP contribution in [-0.4, -0.2) is 10.9 Å². The van der Waals surface area contributed by atoms with Gasteiger partial charge < -0.3 is 9.52 Å². The van der Waals surface area contributed by atoms with Crippen LogP contribution in [-0.2, 0) is 10.4 Å². The Labute approximate surface area is 107 Å². The number of aryl methyl sites for hydroxylation is 1. The molecule has 0 radical (unpaired) electrons. The van der Waals surface area contributed by atoms with Gasteiger partial charge in [0.15, 0.2) is 11.4 Å². The van der Waals surface area contributed by atoms with Gasteiger partial charge in [-0.1, -0.05) is 12.2 Å². The number of allylic oxidation sites excluding steroid dienone is 2. The predicted octanol–water partition coefficient (Wildman–Crippen LogP) is 3.03. The van der Waals surface area contributed by atoms with Crippen molar-refractivity contribution in [2.24, 2.45) is 0 Å². The first-order valence-corrected chi connectivity index (χ1v) is 6.15. The Morgan fingerprint density at radius 1 is 1.39 bits per heavy atom. The topological polar surface area (TPSA) is 50.4 Å². The molecule has 0 spiro atoms. The summed E-state index contributed by atoms with van der Waals surface area (Å²) in [4.78, 5) is 12.2. The summed E-state index contributed by atoms with van der Waals surface area (Å²) in [5, 5.41) is 10.5. The average molecular weight is 246 g/mol. The molecule has 1 aliphatic carbocycles. The summed E-state index contributed by atoms with van der Waals surface area (Å²) < 4.78 is 5.05. The molecule has 96 valence electrons. The van der Waals surface area contributed by atoms with E-state index in [2.05, 4.69) is 0 Å². The van der Waals surface area contributed by atoms with Gasteiger partial charge in [0.25, 0.3) is 0 Å². The third kappa shape index (κ3) is 1.66. The lowest BCUT2D eigenvalue weighted by Crippen LogP contribution is -2.47. The summed E-state index contributed by atoms with van der Waals surface area (Å²) in [7, 11) is 0. The molecule has 0 fully saturated rings. The molecule has 2 rings (SSSR count). The van der Waals surface area contributed by atoms with Crippen LogP contribution >= 0.6 is 0 Å². The molecule has 0 saturated carbocycles. The Kier molecular flexibility index (Phi) is 3.26. The van der Waals surface area contributed by atoms with Crippen LogP contribution < -0.4 is 0 Å². The third-order valence-electron chi connectivity index (χ3n) is 3.64. The highest BCUT2D eigenvalue weighted by molar-refractivity contribution is 6.12. The van der Waals surface area contributed by atoms with Crippen molar-refractivity contribution in [3.8, 4) is 0 Å². The van der Waals surface area contributed by atoms with E-state index in [0.29, 0.717) is 12.0 Å². The Morgan fingerprint density at radius 3 is 2.61 bits per heavy atom. The number of carbonyl (C=O) groups is 1. The highest BCUT2D eigenvalue weighted by Crippen LogP contribution is 2.45. The van der Waals surface area contributed by atoms with Crippen molar-refractivity contribution < 1.29 is 14.3 Å². The summed E-state index contributed by atoms with van der Waals surface area (Å²) >= 11 is 0. The van der Waals surface area contributed by atoms with Gasteiger partial charge in [0.1, 0.15) is 0 Å². The van der Waals surface area contributed by atoms with E-state index in [4.69, 9.17) is 4.42 Å². The molecule has 0 bridgehead atoms. The van der Waals surface area contributed by atoms with Gasteiger partial charge in [-0.3, -0.25) is 4.79 Å². The van der Waals surface area contributed by atoms with E-state index >= 15 is 0 Å². The van der Waals surface area contributed by atoms with E-state index in [-0.39, 0.29) is 5.78 Å². The molecule has 1 heterocycles. The van der Waals surface area contributed by atoms with Crippen molar-refractivity contribution in [2.45, 2.75) is 39.2 Å². The second kappa shape index (κ2) is 4.58. The number of ketones is 1. The Balaban J connectivity index is 2.28. The first-order valence-electron chi connectivity index (χ1n) is 6.15. The van der Waals surface area contributed by atoms with E-state index in [1.807, 2.05) is 32.9 Å². The lowest BCUT2D eigenvalue weighted by molar-refractivity contribution is -0.135. The molecule has 0 aliphatic heterocycles. The molecule has 0 amide bonds. The summed E-state index contributed by atoms with van der Waals surface area (Å²) in [6, 6.07) is 0. The van der Waals surface area contributed by atoms with Gasteiger partial charge in [-0.2, -0.15) is 0 Å². The fourth-order valence-corrected chi connectivity index (χ4v) is 2.47. The zero-order valence-electron chi connectivity index (χ0n) is 11.0. The van der Waals surface area contributed by atoms with Crippen molar-refractivity contribution in [1.29, 1.82) is 0 Å². The molecule has 0 aromatic carbocycles. The van der Waals surface area contributed by atoms with Gasteiger partial charge in [0, 0.05) is 11.1 Å². The first-order chi connectivity index (χ1) is 8.53. The van der Waals surface area contributed by atoms with Crippen LogP contribution in [0.1, 0.15) is 37.8 Å². The molecule has 18 heavy (non-hydrogen) atoms. The highest BCUT2D eigenvalue weighted by atomic mass is 16.3. The van der Waals surface area contributed by atoms with E-state index in [9.17, 15) is 9.90 Å². The molecule has 1 atom stereocenters. The number of hydrogen-bond donors (Lipinski definition) is 1. The maximum atomic E-state index is 12.2. The lowest BCUT2D eigenvalue weighted by Gasteiger charge is -2.38. The number of furan rings is 1. The minimum absolute atomic E-state index is 0.186. The Hall–Kier alpha value is -1.61. The minimum atomic E-state index is -1.46. The normalized spacial score (nSPS) is 23.9. The number of hydrogen-bond acceptors (Lipinski definition) is 3. The van der Waals surface area contributed by atoms with Gasteiger partial charge in [-0.05, 0) is 44.7 Å². The molecular weight excluding hydrogens is 228 g/mol. The fraction of sp³-hybridized carbons (Fsp3) is 0.400. The van der Waals surface area contributed by atoms with Gasteiger partial charge in [-0.15, -0.1) is 0 Å². The standard InChI is InChI=1S/C15H18O3/c1-4-5-6-7-12-11(3)15(17,14(12)16)13-9-18-8-10(13)2/h4-5,8-9,17H,6-7H2,1-3H3/b5-4-. The summed E-state index contributed by atoms with van der Waals surface area (Å²) in [5.74, 6) is -0.186. The second-order valence-corrected chi connectivity index (χ2v) is 4.72. The van der Waals surface area contributed by atoms with Crippen LogP contribution in [0.2, 0.25) is 0 Å². The quantitative estimate of drug-likeness (QED) is 0.831. The number of carbonyl (C=O) groups excluding carboxylic acids is 1. The molecule has 1 N–H and O–H groups in total. The lowest BCUT2D eigenvalue weighted by atomic mass is 9.67. The minimum Gasteiger partial charge on any atom is -0.472 e. The third-order valence-corrected chi connectivity index (χ3v) is 3.64.